The van der Waals surface area contributed by atoms with Crippen molar-refractivity contribution in [2.45, 2.75) is 110 Å². The van der Waals surface area contributed by atoms with Crippen molar-refractivity contribution in [2.24, 2.45) is 0 Å². The van der Waals surface area contributed by atoms with E-state index >= 15 is 0 Å². The van der Waals surface area contributed by atoms with Crippen molar-refractivity contribution >= 4 is 5.97 Å². The van der Waals surface area contributed by atoms with Crippen molar-refractivity contribution in [1.29, 1.82) is 0 Å². The molecule has 0 aliphatic carbocycles. The highest BCUT2D eigenvalue weighted by Gasteiger charge is 2.46. The number of carbonyl (C=O) groups is 1. The van der Waals surface area contributed by atoms with E-state index in [9.17, 15) is 15.0 Å². The largest absolute Gasteiger partial charge is 0.507 e. The van der Waals surface area contributed by atoms with Crippen LogP contribution in [0.5, 0.6) is 5.75 Å². The third-order valence-corrected chi connectivity index (χ3v) is 6.84. The molecule has 0 atom stereocenters. The second kappa shape index (κ2) is 7.01. The molecule has 1 aliphatic heterocycles. The average Bonchev–Trinajstić information content (AvgIpc) is 2.48. The Bertz CT molecular complexity index is 789. The van der Waals surface area contributed by atoms with Crippen molar-refractivity contribution in [3.05, 3.63) is 28.3 Å². The molecule has 0 saturated carbocycles. The Balaban J connectivity index is 2.90. The molecule has 0 amide bonds. The number of phenolic OH excluding ortho intramolecular Hbond substituents is 1. The second-order valence-electron chi connectivity index (χ2n) is 12.2. The monoisotopic (exact) mass is 403 g/mol. The van der Waals surface area contributed by atoms with Gasteiger partial charge >= 0.3 is 5.97 Å². The predicted octanol–water partition coefficient (Wildman–Crippen LogP) is 6.05. The number of likely N-dealkylation sites (tertiary alicyclic amines) is 1. The van der Waals surface area contributed by atoms with Crippen LogP contribution in [0.2, 0.25) is 0 Å². The molecule has 2 rings (SSSR count). The Morgan fingerprint density at radius 1 is 1.00 bits per heavy atom. The number of benzene rings is 1. The second-order valence-corrected chi connectivity index (χ2v) is 12.2. The lowest BCUT2D eigenvalue weighted by molar-refractivity contribution is -0.0133. The molecule has 4 nitrogen and oxygen atoms in total. The Kier molecular flexibility index (Phi) is 5.73. The van der Waals surface area contributed by atoms with E-state index in [0.717, 1.165) is 24.0 Å². The zero-order valence-electron chi connectivity index (χ0n) is 20.3. The van der Waals surface area contributed by atoms with Crippen molar-refractivity contribution in [3.63, 3.8) is 0 Å². The SMILES string of the molecule is CN1C(C)(C)CC(c2c(C(=O)O)cc(C(C)(C)C)c(O)c2C(C)(C)C)CC1(C)C. The summed E-state index contributed by atoms with van der Waals surface area (Å²) in [7, 11) is 2.15. The van der Waals surface area contributed by atoms with Gasteiger partial charge in [-0.1, -0.05) is 41.5 Å². The van der Waals surface area contributed by atoms with E-state index in [1.165, 1.54) is 0 Å². The molecule has 1 aromatic carbocycles. The Morgan fingerprint density at radius 2 is 1.45 bits per heavy atom. The van der Waals surface area contributed by atoms with Gasteiger partial charge in [-0.25, -0.2) is 4.79 Å². The number of nitrogens with zero attached hydrogens (tertiary/aromatic N) is 1. The highest BCUT2D eigenvalue weighted by atomic mass is 16.4. The first-order valence-electron chi connectivity index (χ1n) is 10.7. The topological polar surface area (TPSA) is 60.8 Å². The molecular formula is C25H41NO3. The van der Waals surface area contributed by atoms with E-state index in [2.05, 4.69) is 60.4 Å². The number of carboxylic acids is 1. The van der Waals surface area contributed by atoms with Crippen LogP contribution in [0.25, 0.3) is 0 Å². The molecule has 0 radical (unpaired) electrons. The molecule has 0 aromatic heterocycles. The maximum absolute atomic E-state index is 12.4. The summed E-state index contributed by atoms with van der Waals surface area (Å²) >= 11 is 0. The van der Waals surface area contributed by atoms with Crippen LogP contribution in [0.4, 0.5) is 0 Å². The van der Waals surface area contributed by atoms with Crippen LogP contribution in [-0.2, 0) is 10.8 Å². The zero-order valence-corrected chi connectivity index (χ0v) is 20.3. The minimum atomic E-state index is -0.912. The lowest BCUT2D eigenvalue weighted by atomic mass is 9.66. The summed E-state index contributed by atoms with van der Waals surface area (Å²) in [5.41, 5.74) is 1.80. The van der Waals surface area contributed by atoms with Gasteiger partial charge in [0.2, 0.25) is 0 Å². The van der Waals surface area contributed by atoms with E-state index in [1.54, 1.807) is 6.07 Å². The fourth-order valence-corrected chi connectivity index (χ4v) is 5.19. The van der Waals surface area contributed by atoms with Crippen molar-refractivity contribution in [2.75, 3.05) is 7.05 Å². The molecule has 29 heavy (non-hydrogen) atoms. The molecule has 1 aliphatic rings. The smallest absolute Gasteiger partial charge is 0.335 e. The van der Waals surface area contributed by atoms with E-state index in [0.29, 0.717) is 11.1 Å². The zero-order chi connectivity index (χ0) is 22.7. The molecule has 1 saturated heterocycles. The fraction of sp³-hybridized carbons (Fsp3) is 0.720. The Morgan fingerprint density at radius 3 is 1.79 bits per heavy atom. The summed E-state index contributed by atoms with van der Waals surface area (Å²) < 4.78 is 0. The van der Waals surface area contributed by atoms with Gasteiger partial charge in [0.05, 0.1) is 5.56 Å². The van der Waals surface area contributed by atoms with Gasteiger partial charge < -0.3 is 10.2 Å². The lowest BCUT2D eigenvalue weighted by Crippen LogP contribution is -2.58. The molecule has 4 heteroatoms. The van der Waals surface area contributed by atoms with Gasteiger partial charge in [0.1, 0.15) is 5.75 Å². The number of aromatic hydroxyl groups is 1. The highest BCUT2D eigenvalue weighted by molar-refractivity contribution is 5.91. The number of hydrogen-bond acceptors (Lipinski definition) is 3. The summed E-state index contributed by atoms with van der Waals surface area (Å²) in [4.78, 5) is 14.8. The average molecular weight is 404 g/mol. The van der Waals surface area contributed by atoms with Crippen molar-refractivity contribution < 1.29 is 15.0 Å². The summed E-state index contributed by atoms with van der Waals surface area (Å²) in [6, 6.07) is 1.72. The van der Waals surface area contributed by atoms with Gasteiger partial charge in [-0.15, -0.1) is 0 Å². The molecule has 0 bridgehead atoms. The summed E-state index contributed by atoms with van der Waals surface area (Å²) in [5, 5.41) is 21.6. The van der Waals surface area contributed by atoms with Crippen LogP contribution in [0.1, 0.15) is 115 Å². The van der Waals surface area contributed by atoms with Crippen LogP contribution < -0.4 is 0 Å². The first kappa shape index (κ1) is 23.7. The van der Waals surface area contributed by atoms with Crippen LogP contribution in [0.3, 0.4) is 0 Å². The number of carboxylic acid groups (broad SMARTS) is 1. The molecule has 1 heterocycles. The van der Waals surface area contributed by atoms with Gasteiger partial charge in [-0.05, 0) is 76.0 Å². The molecule has 2 N–H and O–H groups in total. The van der Waals surface area contributed by atoms with Crippen molar-refractivity contribution in [3.8, 4) is 5.75 Å². The number of piperidine rings is 1. The normalized spacial score (nSPS) is 20.7. The van der Waals surface area contributed by atoms with Crippen LogP contribution in [0.15, 0.2) is 6.07 Å². The molecular weight excluding hydrogens is 362 g/mol. The standard InChI is InChI=1S/C25H41NO3/c1-22(2,3)17-12-16(21(28)29)18(19(20(17)27)23(4,5)6)15-13-24(7,8)26(11)25(9,10)14-15/h12,15,27H,13-14H2,1-11H3,(H,28,29). The summed E-state index contributed by atoms with van der Waals surface area (Å²) in [5.74, 6) is -0.582. The molecule has 1 aromatic rings. The summed E-state index contributed by atoms with van der Waals surface area (Å²) in [6.45, 7) is 21.1. The van der Waals surface area contributed by atoms with Gasteiger partial charge in [-0.3, -0.25) is 4.90 Å². The fourth-order valence-electron chi connectivity index (χ4n) is 5.19. The Labute approximate surface area is 177 Å². The van der Waals surface area contributed by atoms with Crippen molar-refractivity contribution in [1.82, 2.24) is 4.90 Å². The Hall–Kier alpha value is -1.55. The van der Waals surface area contributed by atoms with Crippen LogP contribution >= 0.6 is 0 Å². The highest BCUT2D eigenvalue weighted by Crippen LogP contribution is 2.51. The molecule has 0 spiro atoms. The summed E-state index contributed by atoms with van der Waals surface area (Å²) in [6.07, 6.45) is 1.70. The minimum Gasteiger partial charge on any atom is -0.507 e. The quantitative estimate of drug-likeness (QED) is 0.631. The minimum absolute atomic E-state index is 0.0662. The van der Waals surface area contributed by atoms with Crippen LogP contribution in [0, 0.1) is 0 Å². The molecule has 0 unspecified atom stereocenters. The number of aromatic carboxylic acids is 1. The predicted molar refractivity (Wildman–Crippen MR) is 120 cm³/mol. The third kappa shape index (κ3) is 4.33. The maximum Gasteiger partial charge on any atom is 0.335 e. The number of hydrogen-bond donors (Lipinski definition) is 2. The van der Waals surface area contributed by atoms with Gasteiger partial charge in [0, 0.05) is 22.2 Å². The van der Waals surface area contributed by atoms with Gasteiger partial charge in [-0.2, -0.15) is 0 Å². The molecule has 164 valence electrons. The van der Waals surface area contributed by atoms with Gasteiger partial charge in [0.15, 0.2) is 0 Å². The lowest BCUT2D eigenvalue weighted by Gasteiger charge is -2.54. The number of phenols is 1. The van der Waals surface area contributed by atoms with Gasteiger partial charge in [0.25, 0.3) is 0 Å². The van der Waals surface area contributed by atoms with E-state index in [-0.39, 0.29) is 33.6 Å². The number of rotatable bonds is 2. The van der Waals surface area contributed by atoms with E-state index < -0.39 is 5.97 Å². The first-order valence-corrected chi connectivity index (χ1v) is 10.7. The molecule has 1 fully saturated rings. The van der Waals surface area contributed by atoms with E-state index in [4.69, 9.17) is 0 Å². The van der Waals surface area contributed by atoms with Crippen LogP contribution in [-0.4, -0.2) is 39.2 Å². The third-order valence-electron chi connectivity index (χ3n) is 6.84. The maximum atomic E-state index is 12.4. The van der Waals surface area contributed by atoms with E-state index in [1.807, 2.05) is 20.8 Å². The first-order chi connectivity index (χ1) is 12.8.